The monoisotopic (exact) mass is 511 g/mol. The molecule has 0 bridgehead atoms. The van der Waals surface area contributed by atoms with E-state index in [2.05, 4.69) is 10.2 Å². The number of piperidine rings is 1. The van der Waals surface area contributed by atoms with Gasteiger partial charge in [0.25, 0.3) is 5.91 Å². The summed E-state index contributed by atoms with van der Waals surface area (Å²) in [6.45, 7) is 2.20. The summed E-state index contributed by atoms with van der Waals surface area (Å²) in [7, 11) is 0. The fourth-order valence-electron chi connectivity index (χ4n) is 5.70. The topological polar surface area (TPSA) is 72.9 Å². The number of carboxylic acids is 1. The second kappa shape index (κ2) is 13.1. The number of nitrogens with zero attached hydrogens (tertiary/aromatic N) is 2. The average Bonchev–Trinajstić information content (AvgIpc) is 2.86. The number of anilines is 2. The van der Waals surface area contributed by atoms with Gasteiger partial charge >= 0.3 is 5.97 Å². The van der Waals surface area contributed by atoms with E-state index >= 15 is 0 Å². The number of amides is 1. The summed E-state index contributed by atoms with van der Waals surface area (Å²) < 4.78 is 0. The largest absolute Gasteiger partial charge is 0.481 e. The molecule has 1 saturated heterocycles. The van der Waals surface area contributed by atoms with Crippen LogP contribution in [0.5, 0.6) is 0 Å². The normalized spacial score (nSPS) is 21.9. The molecule has 5 rings (SSSR count). The molecule has 2 fully saturated rings. The number of likely N-dealkylation sites (tertiary alicyclic amines) is 1. The fraction of sp³-hybridized carbons (Fsp3) is 0.517. The van der Waals surface area contributed by atoms with Crippen molar-refractivity contribution in [1.82, 2.24) is 4.90 Å². The van der Waals surface area contributed by atoms with Crippen LogP contribution in [0.2, 0.25) is 0 Å². The number of hydrogen-bond donors (Lipinski definition) is 2. The van der Waals surface area contributed by atoms with Gasteiger partial charge in [0.2, 0.25) is 0 Å². The van der Waals surface area contributed by atoms with Crippen molar-refractivity contribution in [3.05, 3.63) is 60.2 Å². The highest BCUT2D eigenvalue weighted by Crippen LogP contribution is 2.36. The number of hydrogen-bond acceptors (Lipinski definition) is 4. The molecule has 2 heterocycles. The van der Waals surface area contributed by atoms with Crippen LogP contribution in [-0.4, -0.2) is 52.6 Å². The molecular formula is C29H38ClN3O3. The zero-order valence-electron chi connectivity index (χ0n) is 20.9. The lowest BCUT2D eigenvalue weighted by atomic mass is 9.92. The summed E-state index contributed by atoms with van der Waals surface area (Å²) in [5, 5.41) is 11.5. The molecule has 1 saturated carbocycles. The van der Waals surface area contributed by atoms with Gasteiger partial charge in [-0.2, -0.15) is 0 Å². The molecule has 1 amide bonds. The molecule has 0 spiro atoms. The van der Waals surface area contributed by atoms with Gasteiger partial charge in [0.1, 0.15) is 0 Å². The van der Waals surface area contributed by atoms with Crippen LogP contribution in [0.1, 0.15) is 63.4 Å². The van der Waals surface area contributed by atoms with Gasteiger partial charge in [-0.1, -0.05) is 86.2 Å². The lowest BCUT2D eigenvalue weighted by Gasteiger charge is -2.44. The predicted octanol–water partition coefficient (Wildman–Crippen LogP) is 5.90. The van der Waals surface area contributed by atoms with Crippen molar-refractivity contribution in [2.24, 2.45) is 0 Å². The number of alkyl halides is 1. The first kappa shape index (κ1) is 26.5. The van der Waals surface area contributed by atoms with Crippen LogP contribution in [0.4, 0.5) is 11.4 Å². The van der Waals surface area contributed by atoms with Gasteiger partial charge in [-0.3, -0.25) is 9.59 Å². The summed E-state index contributed by atoms with van der Waals surface area (Å²) in [6.07, 6.45) is 11.9. The SMILES string of the molecule is O=C(O)Cc1ccccc1.O=C1C(Cl)Nc2ccccc2N1C1CCN(C2CCCCCCC2)CC1. The van der Waals surface area contributed by atoms with Gasteiger partial charge in [-0.05, 0) is 43.4 Å². The quantitative estimate of drug-likeness (QED) is 0.395. The number of carboxylic acid groups (broad SMARTS) is 1. The minimum Gasteiger partial charge on any atom is -0.481 e. The number of aliphatic carboxylic acids is 1. The van der Waals surface area contributed by atoms with Crippen LogP contribution in [0.15, 0.2) is 54.6 Å². The van der Waals surface area contributed by atoms with Gasteiger partial charge in [0.15, 0.2) is 5.50 Å². The summed E-state index contributed by atoms with van der Waals surface area (Å²) in [6, 6.07) is 18.2. The van der Waals surface area contributed by atoms with Crippen LogP contribution in [-0.2, 0) is 16.0 Å². The van der Waals surface area contributed by atoms with Gasteiger partial charge in [-0.15, -0.1) is 0 Å². The van der Waals surface area contributed by atoms with E-state index in [-0.39, 0.29) is 18.4 Å². The lowest BCUT2D eigenvalue weighted by Crippen LogP contribution is -2.54. The van der Waals surface area contributed by atoms with Crippen LogP contribution >= 0.6 is 11.6 Å². The standard InChI is InChI=1S/C21H30ClN3O.C8H8O2/c22-20-21(26)25(19-11-7-6-10-18(19)23-20)17-12-14-24(15-13-17)16-8-4-2-1-3-5-9-16;9-8(10)6-7-4-2-1-3-5-7/h6-7,10-11,16-17,20,23H,1-5,8-9,12-15H2;1-5H,6H2,(H,9,10). The van der Waals surface area contributed by atoms with E-state index in [9.17, 15) is 9.59 Å². The Morgan fingerprint density at radius 3 is 2.14 bits per heavy atom. The molecule has 36 heavy (non-hydrogen) atoms. The summed E-state index contributed by atoms with van der Waals surface area (Å²) in [5.41, 5.74) is 2.14. The zero-order valence-corrected chi connectivity index (χ0v) is 21.7. The maximum atomic E-state index is 12.8. The number of carbonyl (C=O) groups is 2. The summed E-state index contributed by atoms with van der Waals surface area (Å²) >= 11 is 6.28. The summed E-state index contributed by atoms with van der Waals surface area (Å²) in [5.74, 6) is -0.791. The molecule has 2 N–H and O–H groups in total. The van der Waals surface area contributed by atoms with Crippen LogP contribution in [0.25, 0.3) is 0 Å². The van der Waals surface area contributed by atoms with Crippen molar-refractivity contribution >= 4 is 34.9 Å². The maximum Gasteiger partial charge on any atom is 0.307 e. The van der Waals surface area contributed by atoms with Crippen molar-refractivity contribution < 1.29 is 14.7 Å². The van der Waals surface area contributed by atoms with E-state index in [0.717, 1.165) is 48.9 Å². The fourth-order valence-corrected chi connectivity index (χ4v) is 5.92. The Hall–Kier alpha value is -2.57. The van der Waals surface area contributed by atoms with Crippen molar-refractivity contribution in [3.8, 4) is 0 Å². The Bertz CT molecular complexity index is 986. The second-order valence-corrected chi connectivity index (χ2v) is 10.5. The molecule has 0 radical (unpaired) electrons. The van der Waals surface area contributed by atoms with E-state index in [1.165, 1.54) is 44.9 Å². The first-order valence-electron chi connectivity index (χ1n) is 13.4. The number of halogens is 1. The van der Waals surface area contributed by atoms with Crippen LogP contribution in [0.3, 0.4) is 0 Å². The summed E-state index contributed by atoms with van der Waals surface area (Å²) in [4.78, 5) is 27.6. The van der Waals surface area contributed by atoms with Crippen molar-refractivity contribution in [1.29, 1.82) is 0 Å². The number of carbonyl (C=O) groups excluding carboxylic acids is 1. The van der Waals surface area contributed by atoms with E-state index in [4.69, 9.17) is 16.7 Å². The lowest BCUT2D eigenvalue weighted by molar-refractivity contribution is -0.136. The molecule has 1 unspecified atom stereocenters. The van der Waals surface area contributed by atoms with E-state index in [1.807, 2.05) is 47.4 Å². The highest BCUT2D eigenvalue weighted by atomic mass is 35.5. The maximum absolute atomic E-state index is 12.8. The molecule has 194 valence electrons. The third-order valence-electron chi connectivity index (χ3n) is 7.55. The number of fused-ring (bicyclic) bond motifs is 1. The zero-order chi connectivity index (χ0) is 25.3. The van der Waals surface area contributed by atoms with E-state index in [0.29, 0.717) is 0 Å². The van der Waals surface area contributed by atoms with Crippen molar-refractivity contribution in [2.45, 2.75) is 81.8 Å². The predicted molar refractivity (Wildman–Crippen MR) is 146 cm³/mol. The minimum absolute atomic E-state index is 0.00484. The average molecular weight is 512 g/mol. The Balaban J connectivity index is 0.000000256. The van der Waals surface area contributed by atoms with Gasteiger partial charge in [0.05, 0.1) is 17.8 Å². The molecule has 2 aliphatic heterocycles. The Morgan fingerprint density at radius 1 is 0.861 bits per heavy atom. The molecule has 6 nitrogen and oxygen atoms in total. The first-order valence-corrected chi connectivity index (χ1v) is 13.8. The van der Waals surface area contributed by atoms with Gasteiger partial charge < -0.3 is 20.2 Å². The minimum atomic E-state index is -0.786. The number of nitrogens with one attached hydrogen (secondary N) is 1. The van der Waals surface area contributed by atoms with Crippen LogP contribution < -0.4 is 10.2 Å². The first-order chi connectivity index (χ1) is 17.5. The third-order valence-corrected chi connectivity index (χ3v) is 7.85. The molecule has 1 atom stereocenters. The van der Waals surface area contributed by atoms with Crippen molar-refractivity contribution in [3.63, 3.8) is 0 Å². The van der Waals surface area contributed by atoms with Gasteiger partial charge in [0, 0.05) is 25.2 Å². The molecular weight excluding hydrogens is 474 g/mol. The molecule has 1 aliphatic carbocycles. The number of para-hydroxylation sites is 2. The number of rotatable bonds is 4. The Morgan fingerprint density at radius 2 is 1.47 bits per heavy atom. The van der Waals surface area contributed by atoms with E-state index in [1.54, 1.807) is 12.1 Å². The highest BCUT2D eigenvalue weighted by molar-refractivity contribution is 6.35. The van der Waals surface area contributed by atoms with E-state index < -0.39 is 11.5 Å². The second-order valence-electron chi connectivity index (χ2n) is 10.1. The molecule has 0 aromatic heterocycles. The molecule has 3 aliphatic rings. The Kier molecular flexibility index (Phi) is 9.65. The number of benzene rings is 2. The smallest absolute Gasteiger partial charge is 0.307 e. The molecule has 2 aromatic rings. The van der Waals surface area contributed by atoms with Gasteiger partial charge in [-0.25, -0.2) is 0 Å². The molecule has 7 heteroatoms. The molecule has 2 aromatic carbocycles. The van der Waals surface area contributed by atoms with Crippen molar-refractivity contribution in [2.75, 3.05) is 23.3 Å². The highest BCUT2D eigenvalue weighted by Gasteiger charge is 2.37. The third kappa shape index (κ3) is 7.01. The van der Waals surface area contributed by atoms with Crippen LogP contribution in [0, 0.1) is 0 Å². The Labute approximate surface area is 219 Å².